The van der Waals surface area contributed by atoms with Crippen molar-refractivity contribution in [3.8, 4) is 0 Å². The van der Waals surface area contributed by atoms with Gasteiger partial charge in [-0.2, -0.15) is 0 Å². The van der Waals surface area contributed by atoms with Gasteiger partial charge < -0.3 is 9.66 Å². The van der Waals surface area contributed by atoms with E-state index in [0.29, 0.717) is 12.8 Å². The summed E-state index contributed by atoms with van der Waals surface area (Å²) in [5, 5.41) is 8.38. The number of aliphatic hydroxyl groups is 1. The first-order valence-corrected chi connectivity index (χ1v) is 8.47. The Labute approximate surface area is 160 Å². The molecular formula is C13H27KO4S. The third-order valence-corrected chi connectivity index (χ3v) is 4.45. The van der Waals surface area contributed by atoms with Crippen LogP contribution in [0.15, 0.2) is 0 Å². The predicted octanol–water partition coefficient (Wildman–Crippen LogP) is -0.184. The third kappa shape index (κ3) is 14.2. The van der Waals surface area contributed by atoms with Crippen molar-refractivity contribution >= 4 is 10.1 Å². The van der Waals surface area contributed by atoms with Gasteiger partial charge >= 0.3 is 51.4 Å². The molecule has 0 aliphatic heterocycles. The Hall–Kier alpha value is 1.51. The molecular weight excluding hydrogens is 291 g/mol. The summed E-state index contributed by atoms with van der Waals surface area (Å²) >= 11 is 0. The SMILES string of the molecule is CCCC(CCCCCCCC(C)O)S(=O)(=O)[O-].[K+]. The zero-order chi connectivity index (χ0) is 14.0. The van der Waals surface area contributed by atoms with Gasteiger partial charge in [-0.3, -0.25) is 0 Å². The Morgan fingerprint density at radius 3 is 1.89 bits per heavy atom. The topological polar surface area (TPSA) is 77.4 Å². The molecule has 2 unspecified atom stereocenters. The molecule has 0 heterocycles. The molecule has 0 amide bonds. The smallest absolute Gasteiger partial charge is 0.748 e. The van der Waals surface area contributed by atoms with Gasteiger partial charge in [0.1, 0.15) is 0 Å². The van der Waals surface area contributed by atoms with Crippen molar-refractivity contribution in [1.82, 2.24) is 0 Å². The first kappa shape index (κ1) is 22.8. The van der Waals surface area contributed by atoms with Gasteiger partial charge in [0.2, 0.25) is 0 Å². The van der Waals surface area contributed by atoms with Gasteiger partial charge in [-0.05, 0) is 26.2 Å². The van der Waals surface area contributed by atoms with Gasteiger partial charge in [-0.1, -0.05) is 45.4 Å². The minimum Gasteiger partial charge on any atom is -0.748 e. The van der Waals surface area contributed by atoms with E-state index < -0.39 is 15.4 Å². The molecule has 0 aliphatic carbocycles. The van der Waals surface area contributed by atoms with Crippen molar-refractivity contribution in [2.45, 2.75) is 83.0 Å². The molecule has 0 aromatic carbocycles. The first-order chi connectivity index (χ1) is 8.38. The van der Waals surface area contributed by atoms with Crippen molar-refractivity contribution in [2.75, 3.05) is 0 Å². The predicted molar refractivity (Wildman–Crippen MR) is 72.4 cm³/mol. The van der Waals surface area contributed by atoms with E-state index in [1.807, 2.05) is 6.92 Å². The maximum atomic E-state index is 11.0. The quantitative estimate of drug-likeness (QED) is 0.326. The average molecular weight is 319 g/mol. The van der Waals surface area contributed by atoms with E-state index in [2.05, 4.69) is 0 Å². The Bertz CT molecular complexity index is 291. The number of rotatable bonds is 11. The molecule has 0 rings (SSSR count). The molecule has 4 nitrogen and oxygen atoms in total. The van der Waals surface area contributed by atoms with Crippen LogP contribution in [-0.2, 0) is 10.1 Å². The second-order valence-electron chi connectivity index (χ2n) is 5.10. The Kier molecular flexibility index (Phi) is 15.8. The summed E-state index contributed by atoms with van der Waals surface area (Å²) in [5.41, 5.74) is 0. The largest absolute Gasteiger partial charge is 1.00 e. The number of unbranched alkanes of at least 4 members (excludes halogenated alkanes) is 4. The summed E-state index contributed by atoms with van der Waals surface area (Å²) in [7, 11) is -4.12. The molecule has 0 fully saturated rings. The molecule has 0 saturated carbocycles. The van der Waals surface area contributed by atoms with E-state index in [9.17, 15) is 13.0 Å². The second-order valence-corrected chi connectivity index (χ2v) is 6.75. The van der Waals surface area contributed by atoms with Crippen molar-refractivity contribution in [3.05, 3.63) is 0 Å². The van der Waals surface area contributed by atoms with Gasteiger partial charge in [0.05, 0.1) is 16.2 Å². The van der Waals surface area contributed by atoms with Crippen molar-refractivity contribution < 1.29 is 69.5 Å². The van der Waals surface area contributed by atoms with E-state index in [0.717, 1.165) is 44.9 Å². The fraction of sp³-hybridized carbons (Fsp3) is 1.00. The van der Waals surface area contributed by atoms with Crippen LogP contribution in [0.4, 0.5) is 0 Å². The van der Waals surface area contributed by atoms with Gasteiger partial charge in [-0.25, -0.2) is 8.42 Å². The van der Waals surface area contributed by atoms with Gasteiger partial charge in [0, 0.05) is 5.25 Å². The van der Waals surface area contributed by atoms with Crippen LogP contribution in [0.2, 0.25) is 0 Å². The minimum atomic E-state index is -4.12. The summed E-state index contributed by atoms with van der Waals surface area (Å²) in [6, 6.07) is 0. The Morgan fingerprint density at radius 2 is 1.47 bits per heavy atom. The first-order valence-electron chi connectivity index (χ1n) is 7.00. The normalized spacial score (nSPS) is 14.7. The fourth-order valence-electron chi connectivity index (χ4n) is 2.10. The van der Waals surface area contributed by atoms with Gasteiger partial charge in [-0.15, -0.1) is 0 Å². The Morgan fingerprint density at radius 1 is 1.00 bits per heavy atom. The van der Waals surface area contributed by atoms with Crippen LogP contribution in [0.3, 0.4) is 0 Å². The summed E-state index contributed by atoms with van der Waals surface area (Å²) in [6.45, 7) is 3.68. The molecule has 6 heteroatoms. The average Bonchev–Trinajstić information content (AvgIpc) is 2.24. The van der Waals surface area contributed by atoms with E-state index in [-0.39, 0.29) is 57.5 Å². The third-order valence-electron chi connectivity index (χ3n) is 3.17. The zero-order valence-electron chi connectivity index (χ0n) is 12.6. The van der Waals surface area contributed by atoms with Crippen LogP contribution in [0.25, 0.3) is 0 Å². The molecule has 0 aromatic heterocycles. The van der Waals surface area contributed by atoms with Crippen LogP contribution in [0.5, 0.6) is 0 Å². The molecule has 0 aromatic rings. The van der Waals surface area contributed by atoms with Gasteiger partial charge in [0.25, 0.3) is 0 Å². The Balaban J connectivity index is 0. The summed E-state index contributed by atoms with van der Waals surface area (Å²) in [4.78, 5) is 0. The summed E-state index contributed by atoms with van der Waals surface area (Å²) in [5.74, 6) is 0. The summed E-state index contributed by atoms with van der Waals surface area (Å²) < 4.78 is 32.9. The molecule has 0 bridgehead atoms. The van der Waals surface area contributed by atoms with E-state index in [1.54, 1.807) is 6.92 Å². The second kappa shape index (κ2) is 13.2. The van der Waals surface area contributed by atoms with E-state index in [4.69, 9.17) is 5.11 Å². The number of aliphatic hydroxyl groups excluding tert-OH is 1. The van der Waals surface area contributed by atoms with Crippen LogP contribution in [-0.4, -0.2) is 29.4 Å². The number of hydrogen-bond donors (Lipinski definition) is 1. The summed E-state index contributed by atoms with van der Waals surface area (Å²) in [6.07, 6.45) is 7.20. The minimum absolute atomic E-state index is 0. The fourth-order valence-corrected chi connectivity index (χ4v) is 3.08. The maximum absolute atomic E-state index is 11.0. The molecule has 0 radical (unpaired) electrons. The van der Waals surface area contributed by atoms with Crippen molar-refractivity contribution in [2.24, 2.45) is 0 Å². The molecule has 2 atom stereocenters. The molecule has 19 heavy (non-hydrogen) atoms. The van der Waals surface area contributed by atoms with Crippen molar-refractivity contribution in [1.29, 1.82) is 0 Å². The monoisotopic (exact) mass is 318 g/mol. The molecule has 1 N–H and O–H groups in total. The van der Waals surface area contributed by atoms with E-state index in [1.165, 1.54) is 0 Å². The van der Waals surface area contributed by atoms with Crippen molar-refractivity contribution in [3.63, 3.8) is 0 Å². The number of hydrogen-bond acceptors (Lipinski definition) is 4. The van der Waals surface area contributed by atoms with Crippen LogP contribution in [0.1, 0.15) is 71.6 Å². The molecule has 0 aliphatic rings. The maximum Gasteiger partial charge on any atom is 1.00 e. The van der Waals surface area contributed by atoms with E-state index >= 15 is 0 Å². The van der Waals surface area contributed by atoms with Crippen LogP contribution in [0, 0.1) is 0 Å². The van der Waals surface area contributed by atoms with Crippen LogP contribution >= 0.6 is 0 Å². The zero-order valence-corrected chi connectivity index (χ0v) is 16.5. The van der Waals surface area contributed by atoms with Crippen LogP contribution < -0.4 is 51.4 Å². The molecule has 110 valence electrons. The molecule has 0 spiro atoms. The standard InChI is InChI=1S/C13H28O4S.K/c1-3-9-13(18(15,16)17)11-8-6-4-5-7-10-12(2)14;/h12-14H,3-11H2,1-2H3,(H,15,16,17);/q;+1/p-1. The molecule has 0 saturated heterocycles. The van der Waals surface area contributed by atoms with Gasteiger partial charge in [0.15, 0.2) is 0 Å².